The molecular weight excluding hydrogens is 359 g/mol. The molecule has 0 bridgehead atoms. The Balaban J connectivity index is 2.38. The second-order valence-corrected chi connectivity index (χ2v) is 8.06. The highest BCUT2D eigenvalue weighted by Crippen LogP contribution is 2.47. The number of aryl methyl sites for hydroxylation is 4. The van der Waals surface area contributed by atoms with E-state index in [2.05, 4.69) is 6.07 Å². The molecule has 0 aliphatic carbocycles. The number of phosphoric acid groups is 1. The minimum absolute atomic E-state index is 0.176. The lowest BCUT2D eigenvalue weighted by Gasteiger charge is -2.19. The third kappa shape index (κ3) is 4.30. The van der Waals surface area contributed by atoms with E-state index in [-0.39, 0.29) is 5.75 Å². The van der Waals surface area contributed by atoms with E-state index in [9.17, 15) is 14.4 Å². The Labute approximate surface area is 159 Å². The highest BCUT2D eigenvalue weighted by molar-refractivity contribution is 7.46. The molecule has 140 valence electrons. The van der Waals surface area contributed by atoms with Crippen LogP contribution >= 0.6 is 7.82 Å². The Morgan fingerprint density at radius 3 is 1.89 bits per heavy atom. The normalized spacial score (nSPS) is 11.5. The van der Waals surface area contributed by atoms with Gasteiger partial charge in [0.1, 0.15) is 5.75 Å². The molecule has 0 aliphatic heterocycles. The first-order valence-electron chi connectivity index (χ1n) is 8.69. The number of benzene rings is 3. The van der Waals surface area contributed by atoms with Gasteiger partial charge in [-0.25, -0.2) is 4.57 Å². The van der Waals surface area contributed by atoms with Crippen LogP contribution in [0.2, 0.25) is 0 Å². The van der Waals surface area contributed by atoms with E-state index in [1.54, 1.807) is 12.1 Å². The van der Waals surface area contributed by atoms with Gasteiger partial charge < -0.3 is 4.52 Å². The largest absolute Gasteiger partial charge is 0.524 e. The van der Waals surface area contributed by atoms with E-state index in [1.165, 1.54) is 0 Å². The molecule has 3 aromatic carbocycles. The average molecular weight is 382 g/mol. The summed E-state index contributed by atoms with van der Waals surface area (Å²) < 4.78 is 16.7. The standard InChI is InChI=1S/C22H23O4P/c1-14-8-10-16(3)19(12-14)18-6-5-7-21(26-27(23,24)25)22(18)20-13-15(2)9-11-17(20)4/h5-13H,1-4H3,(H2,23,24,25). The minimum atomic E-state index is -4.69. The van der Waals surface area contributed by atoms with Gasteiger partial charge >= 0.3 is 7.82 Å². The van der Waals surface area contributed by atoms with Crippen molar-refractivity contribution in [1.82, 2.24) is 0 Å². The van der Waals surface area contributed by atoms with Crippen LogP contribution in [-0.2, 0) is 4.57 Å². The van der Waals surface area contributed by atoms with E-state index in [0.717, 1.165) is 38.9 Å². The van der Waals surface area contributed by atoms with E-state index < -0.39 is 7.82 Å². The van der Waals surface area contributed by atoms with Crippen molar-refractivity contribution < 1.29 is 18.9 Å². The first-order chi connectivity index (χ1) is 12.7. The van der Waals surface area contributed by atoms with Gasteiger partial charge in [-0.15, -0.1) is 0 Å². The van der Waals surface area contributed by atoms with Gasteiger partial charge in [-0.2, -0.15) is 0 Å². The summed E-state index contributed by atoms with van der Waals surface area (Å²) in [6, 6.07) is 17.6. The maximum absolute atomic E-state index is 11.6. The van der Waals surface area contributed by atoms with E-state index in [0.29, 0.717) is 5.56 Å². The van der Waals surface area contributed by atoms with Gasteiger partial charge in [0.2, 0.25) is 0 Å². The molecular formula is C22H23O4P. The van der Waals surface area contributed by atoms with Crippen LogP contribution in [0.4, 0.5) is 0 Å². The smallest absolute Gasteiger partial charge is 0.404 e. The fourth-order valence-corrected chi connectivity index (χ4v) is 3.68. The summed E-state index contributed by atoms with van der Waals surface area (Å²) in [4.78, 5) is 18.8. The summed E-state index contributed by atoms with van der Waals surface area (Å²) in [7, 11) is -4.69. The molecule has 0 heterocycles. The van der Waals surface area contributed by atoms with Gasteiger partial charge in [0.25, 0.3) is 0 Å². The minimum Gasteiger partial charge on any atom is -0.404 e. The van der Waals surface area contributed by atoms with Gasteiger partial charge in [0, 0.05) is 5.56 Å². The van der Waals surface area contributed by atoms with Crippen LogP contribution in [0.5, 0.6) is 5.75 Å². The molecule has 0 radical (unpaired) electrons. The lowest BCUT2D eigenvalue weighted by Crippen LogP contribution is -1.97. The molecule has 5 heteroatoms. The molecule has 0 unspecified atom stereocenters. The van der Waals surface area contributed by atoms with Gasteiger partial charge in [-0.05, 0) is 61.6 Å². The topological polar surface area (TPSA) is 66.8 Å². The Bertz CT molecular complexity index is 1050. The quantitative estimate of drug-likeness (QED) is 0.566. The second kappa shape index (κ2) is 7.32. The van der Waals surface area contributed by atoms with Crippen molar-refractivity contribution in [3.63, 3.8) is 0 Å². The number of rotatable bonds is 4. The monoisotopic (exact) mass is 382 g/mol. The van der Waals surface area contributed by atoms with Crippen LogP contribution in [0.25, 0.3) is 22.3 Å². The van der Waals surface area contributed by atoms with Crippen LogP contribution < -0.4 is 4.52 Å². The van der Waals surface area contributed by atoms with Crippen molar-refractivity contribution in [3.8, 4) is 28.0 Å². The summed E-state index contributed by atoms with van der Waals surface area (Å²) in [5.41, 5.74) is 7.76. The van der Waals surface area contributed by atoms with Gasteiger partial charge in [-0.1, -0.05) is 59.7 Å². The summed E-state index contributed by atoms with van der Waals surface area (Å²) in [6.45, 7) is 8.03. The van der Waals surface area contributed by atoms with E-state index in [4.69, 9.17) is 4.52 Å². The number of hydrogen-bond acceptors (Lipinski definition) is 2. The predicted octanol–water partition coefficient (Wildman–Crippen LogP) is 5.73. The first kappa shape index (κ1) is 19.4. The van der Waals surface area contributed by atoms with Crippen molar-refractivity contribution in [2.45, 2.75) is 27.7 Å². The fourth-order valence-electron chi connectivity index (χ4n) is 3.27. The molecule has 2 N–H and O–H groups in total. The lowest BCUT2D eigenvalue weighted by atomic mass is 9.88. The SMILES string of the molecule is Cc1ccc(C)c(-c2cccc(OP(=O)(O)O)c2-c2cc(C)ccc2C)c1. The molecule has 0 atom stereocenters. The predicted molar refractivity (Wildman–Crippen MR) is 109 cm³/mol. The van der Waals surface area contributed by atoms with Crippen LogP contribution in [-0.4, -0.2) is 9.79 Å². The third-order valence-electron chi connectivity index (χ3n) is 4.59. The van der Waals surface area contributed by atoms with Crippen molar-refractivity contribution in [2.24, 2.45) is 0 Å². The third-order valence-corrected chi connectivity index (χ3v) is 5.02. The van der Waals surface area contributed by atoms with E-state index >= 15 is 0 Å². The highest BCUT2D eigenvalue weighted by atomic mass is 31.2. The summed E-state index contributed by atoms with van der Waals surface area (Å²) in [6.07, 6.45) is 0. The Morgan fingerprint density at radius 1 is 0.741 bits per heavy atom. The molecule has 4 nitrogen and oxygen atoms in total. The van der Waals surface area contributed by atoms with E-state index in [1.807, 2.05) is 64.1 Å². The van der Waals surface area contributed by atoms with Crippen molar-refractivity contribution >= 4 is 7.82 Å². The van der Waals surface area contributed by atoms with Crippen LogP contribution in [0.15, 0.2) is 54.6 Å². The molecule has 3 rings (SSSR count). The molecule has 27 heavy (non-hydrogen) atoms. The molecule has 0 spiro atoms. The Morgan fingerprint density at radius 2 is 1.30 bits per heavy atom. The Hall–Kier alpha value is -2.39. The molecule has 0 aromatic heterocycles. The Kier molecular flexibility index (Phi) is 5.25. The van der Waals surface area contributed by atoms with Crippen LogP contribution in [0, 0.1) is 27.7 Å². The summed E-state index contributed by atoms with van der Waals surface area (Å²) >= 11 is 0. The van der Waals surface area contributed by atoms with Gasteiger partial charge in [0.05, 0.1) is 0 Å². The number of phosphoric ester groups is 1. The van der Waals surface area contributed by atoms with Gasteiger partial charge in [-0.3, -0.25) is 9.79 Å². The summed E-state index contributed by atoms with van der Waals surface area (Å²) in [5.74, 6) is 0.176. The molecule has 0 aliphatic rings. The zero-order valence-corrected chi connectivity index (χ0v) is 16.7. The molecule has 0 fully saturated rings. The van der Waals surface area contributed by atoms with Crippen molar-refractivity contribution in [2.75, 3.05) is 0 Å². The molecule has 0 saturated carbocycles. The highest BCUT2D eigenvalue weighted by Gasteiger charge is 2.23. The van der Waals surface area contributed by atoms with Gasteiger partial charge in [0.15, 0.2) is 0 Å². The second-order valence-electron chi connectivity index (χ2n) is 6.90. The molecule has 3 aromatic rings. The molecule has 0 amide bonds. The maximum Gasteiger partial charge on any atom is 0.524 e. The zero-order chi connectivity index (χ0) is 19.8. The first-order valence-corrected chi connectivity index (χ1v) is 10.2. The fraction of sp³-hybridized carbons (Fsp3) is 0.182. The van der Waals surface area contributed by atoms with Crippen molar-refractivity contribution in [1.29, 1.82) is 0 Å². The zero-order valence-electron chi connectivity index (χ0n) is 15.9. The number of hydrogen-bond donors (Lipinski definition) is 2. The van der Waals surface area contributed by atoms with Crippen LogP contribution in [0.1, 0.15) is 22.3 Å². The van der Waals surface area contributed by atoms with Crippen molar-refractivity contribution in [3.05, 3.63) is 76.9 Å². The maximum atomic E-state index is 11.6. The molecule has 0 saturated heterocycles. The lowest BCUT2D eigenvalue weighted by molar-refractivity contribution is 0.283. The van der Waals surface area contributed by atoms with Crippen LogP contribution in [0.3, 0.4) is 0 Å². The summed E-state index contributed by atoms with van der Waals surface area (Å²) in [5, 5.41) is 0. The average Bonchev–Trinajstić information content (AvgIpc) is 2.58.